The average Bonchev–Trinajstić information content (AvgIpc) is 2.45. The van der Waals surface area contributed by atoms with Gasteiger partial charge in [-0.2, -0.15) is 0 Å². The Morgan fingerprint density at radius 3 is 2.61 bits per heavy atom. The molecular formula is C14H26N2O2. The van der Waals surface area contributed by atoms with Gasteiger partial charge in [-0.05, 0) is 32.2 Å². The second kappa shape index (κ2) is 7.74. The second-order valence-corrected chi connectivity index (χ2v) is 5.42. The van der Waals surface area contributed by atoms with Crippen molar-refractivity contribution in [2.75, 3.05) is 19.7 Å². The van der Waals surface area contributed by atoms with E-state index in [0.717, 1.165) is 19.4 Å². The van der Waals surface area contributed by atoms with Crippen LogP contribution in [0.5, 0.6) is 0 Å². The summed E-state index contributed by atoms with van der Waals surface area (Å²) in [6, 6.07) is 0.0217. The number of piperidine rings is 1. The van der Waals surface area contributed by atoms with E-state index in [-0.39, 0.29) is 11.9 Å². The van der Waals surface area contributed by atoms with Gasteiger partial charge in [0.15, 0.2) is 0 Å². The maximum absolute atomic E-state index is 11.8. The standard InChI is InChI=1S/C14H26N2O2/c17-14(13-8-4-5-9-15-13)16-10-11-18-12-6-2-1-3-7-12/h12-13,15H,1-11H2,(H,16,17)/t13-/m1/s1. The number of amides is 1. The Morgan fingerprint density at radius 1 is 1.11 bits per heavy atom. The van der Waals surface area contributed by atoms with E-state index in [0.29, 0.717) is 19.3 Å². The monoisotopic (exact) mass is 254 g/mol. The lowest BCUT2D eigenvalue weighted by atomic mass is 9.98. The van der Waals surface area contributed by atoms with Crippen LogP contribution in [0.1, 0.15) is 51.4 Å². The minimum absolute atomic E-state index is 0.0217. The first-order valence-electron chi connectivity index (χ1n) is 7.49. The van der Waals surface area contributed by atoms with Gasteiger partial charge in [-0.15, -0.1) is 0 Å². The molecule has 1 heterocycles. The highest BCUT2D eigenvalue weighted by Crippen LogP contribution is 2.19. The summed E-state index contributed by atoms with van der Waals surface area (Å²) in [6.45, 7) is 2.27. The summed E-state index contributed by atoms with van der Waals surface area (Å²) in [6.07, 6.45) is 10.1. The quantitative estimate of drug-likeness (QED) is 0.733. The van der Waals surface area contributed by atoms with Crippen molar-refractivity contribution in [3.8, 4) is 0 Å². The lowest BCUT2D eigenvalue weighted by molar-refractivity contribution is -0.124. The van der Waals surface area contributed by atoms with E-state index >= 15 is 0 Å². The van der Waals surface area contributed by atoms with Crippen LogP contribution < -0.4 is 10.6 Å². The molecule has 1 saturated heterocycles. The van der Waals surface area contributed by atoms with Crippen LogP contribution in [0.3, 0.4) is 0 Å². The van der Waals surface area contributed by atoms with E-state index < -0.39 is 0 Å². The molecule has 0 aromatic rings. The molecule has 4 nitrogen and oxygen atoms in total. The van der Waals surface area contributed by atoms with Crippen molar-refractivity contribution in [1.29, 1.82) is 0 Å². The topological polar surface area (TPSA) is 50.4 Å². The molecule has 2 N–H and O–H groups in total. The molecule has 1 amide bonds. The predicted molar refractivity (Wildman–Crippen MR) is 71.5 cm³/mol. The molecule has 1 aliphatic heterocycles. The first kappa shape index (κ1) is 13.8. The summed E-state index contributed by atoms with van der Waals surface area (Å²) in [7, 11) is 0. The fourth-order valence-corrected chi connectivity index (χ4v) is 2.83. The van der Waals surface area contributed by atoms with Crippen molar-refractivity contribution < 1.29 is 9.53 Å². The van der Waals surface area contributed by atoms with E-state index in [1.807, 2.05) is 0 Å². The highest BCUT2D eigenvalue weighted by Gasteiger charge is 2.20. The van der Waals surface area contributed by atoms with Crippen molar-refractivity contribution in [3.05, 3.63) is 0 Å². The third-order valence-electron chi connectivity index (χ3n) is 3.93. The molecule has 0 aromatic heterocycles. The van der Waals surface area contributed by atoms with Crippen LogP contribution in [-0.2, 0) is 9.53 Å². The number of hydrogen-bond donors (Lipinski definition) is 2. The van der Waals surface area contributed by atoms with Crippen LogP contribution in [0.25, 0.3) is 0 Å². The van der Waals surface area contributed by atoms with E-state index in [4.69, 9.17) is 4.74 Å². The summed E-state index contributed by atoms with van der Waals surface area (Å²) in [5.74, 6) is 0.141. The highest BCUT2D eigenvalue weighted by molar-refractivity contribution is 5.81. The number of rotatable bonds is 5. The Balaban J connectivity index is 1.52. The Labute approximate surface area is 110 Å². The minimum atomic E-state index is 0.0217. The van der Waals surface area contributed by atoms with Gasteiger partial charge in [-0.25, -0.2) is 0 Å². The molecule has 2 fully saturated rings. The molecule has 2 aliphatic rings. The van der Waals surface area contributed by atoms with E-state index in [9.17, 15) is 4.79 Å². The highest BCUT2D eigenvalue weighted by atomic mass is 16.5. The zero-order valence-corrected chi connectivity index (χ0v) is 11.2. The molecule has 2 rings (SSSR count). The van der Waals surface area contributed by atoms with Crippen LogP contribution >= 0.6 is 0 Å². The molecule has 4 heteroatoms. The SMILES string of the molecule is O=C(NCCOC1CCCCC1)[C@H]1CCCCN1. The molecule has 0 bridgehead atoms. The zero-order chi connectivity index (χ0) is 12.6. The Morgan fingerprint density at radius 2 is 1.89 bits per heavy atom. The Bertz CT molecular complexity index is 246. The molecule has 1 atom stereocenters. The Kier molecular flexibility index (Phi) is 5.94. The summed E-state index contributed by atoms with van der Waals surface area (Å²) >= 11 is 0. The van der Waals surface area contributed by atoms with Crippen molar-refractivity contribution in [2.45, 2.75) is 63.5 Å². The number of ether oxygens (including phenoxy) is 1. The summed E-state index contributed by atoms with van der Waals surface area (Å²) in [5.41, 5.74) is 0. The van der Waals surface area contributed by atoms with Gasteiger partial charge in [0.1, 0.15) is 0 Å². The normalized spacial score (nSPS) is 25.9. The van der Waals surface area contributed by atoms with Crippen molar-refractivity contribution >= 4 is 5.91 Å². The summed E-state index contributed by atoms with van der Waals surface area (Å²) in [4.78, 5) is 11.8. The Hall–Kier alpha value is -0.610. The molecule has 1 aliphatic carbocycles. The van der Waals surface area contributed by atoms with E-state index in [1.54, 1.807) is 0 Å². The van der Waals surface area contributed by atoms with E-state index in [2.05, 4.69) is 10.6 Å². The predicted octanol–water partition coefficient (Wildman–Crippen LogP) is 1.59. The third-order valence-corrected chi connectivity index (χ3v) is 3.93. The smallest absolute Gasteiger partial charge is 0.237 e. The fraction of sp³-hybridized carbons (Fsp3) is 0.929. The maximum atomic E-state index is 11.8. The molecule has 0 radical (unpaired) electrons. The molecular weight excluding hydrogens is 228 g/mol. The largest absolute Gasteiger partial charge is 0.376 e. The number of hydrogen-bond acceptors (Lipinski definition) is 3. The lowest BCUT2D eigenvalue weighted by Gasteiger charge is -2.24. The first-order chi connectivity index (χ1) is 8.86. The zero-order valence-electron chi connectivity index (χ0n) is 11.2. The molecule has 1 saturated carbocycles. The van der Waals surface area contributed by atoms with Crippen molar-refractivity contribution in [1.82, 2.24) is 10.6 Å². The summed E-state index contributed by atoms with van der Waals surface area (Å²) in [5, 5.41) is 6.22. The number of carbonyl (C=O) groups excluding carboxylic acids is 1. The third kappa shape index (κ3) is 4.58. The first-order valence-corrected chi connectivity index (χ1v) is 7.49. The molecule has 0 spiro atoms. The fourth-order valence-electron chi connectivity index (χ4n) is 2.83. The maximum Gasteiger partial charge on any atom is 0.237 e. The van der Waals surface area contributed by atoms with Crippen LogP contribution in [0.4, 0.5) is 0 Å². The molecule has 104 valence electrons. The molecule has 0 aromatic carbocycles. The summed E-state index contributed by atoms with van der Waals surface area (Å²) < 4.78 is 5.79. The van der Waals surface area contributed by atoms with Gasteiger partial charge in [-0.3, -0.25) is 4.79 Å². The van der Waals surface area contributed by atoms with Crippen molar-refractivity contribution in [2.24, 2.45) is 0 Å². The van der Waals surface area contributed by atoms with Gasteiger partial charge in [-0.1, -0.05) is 25.7 Å². The van der Waals surface area contributed by atoms with E-state index in [1.165, 1.54) is 38.5 Å². The van der Waals surface area contributed by atoms with Gasteiger partial charge in [0.05, 0.1) is 18.8 Å². The lowest BCUT2D eigenvalue weighted by Crippen LogP contribution is -2.47. The van der Waals surface area contributed by atoms with Crippen molar-refractivity contribution in [3.63, 3.8) is 0 Å². The number of nitrogens with one attached hydrogen (secondary N) is 2. The van der Waals surface area contributed by atoms with Gasteiger partial charge >= 0.3 is 0 Å². The number of carbonyl (C=O) groups is 1. The molecule has 0 unspecified atom stereocenters. The second-order valence-electron chi connectivity index (χ2n) is 5.42. The minimum Gasteiger partial charge on any atom is -0.376 e. The van der Waals surface area contributed by atoms with Crippen LogP contribution in [0.15, 0.2) is 0 Å². The molecule has 18 heavy (non-hydrogen) atoms. The van der Waals surface area contributed by atoms with Gasteiger partial charge in [0.2, 0.25) is 5.91 Å². The average molecular weight is 254 g/mol. The van der Waals surface area contributed by atoms with Crippen LogP contribution in [0, 0.1) is 0 Å². The van der Waals surface area contributed by atoms with Gasteiger partial charge < -0.3 is 15.4 Å². The van der Waals surface area contributed by atoms with Gasteiger partial charge in [0, 0.05) is 6.54 Å². The van der Waals surface area contributed by atoms with Crippen LogP contribution in [-0.4, -0.2) is 37.7 Å². The van der Waals surface area contributed by atoms with Gasteiger partial charge in [0.25, 0.3) is 0 Å². The van der Waals surface area contributed by atoms with Crippen LogP contribution in [0.2, 0.25) is 0 Å².